The summed E-state index contributed by atoms with van der Waals surface area (Å²) in [6.45, 7) is -0.497. The molecule has 1 rings (SSSR count). The molecule has 1 heterocycles. The van der Waals surface area contributed by atoms with Crippen LogP contribution in [0.4, 0.5) is 0 Å². The molecule has 6 nitrogen and oxygen atoms in total. The number of aliphatic hydroxyl groups is 4. The van der Waals surface area contributed by atoms with E-state index in [1.807, 2.05) is 0 Å². The Morgan fingerprint density at radius 3 is 2.54 bits per heavy atom. The van der Waals surface area contributed by atoms with Crippen molar-refractivity contribution in [2.24, 2.45) is 0 Å². The van der Waals surface area contributed by atoms with E-state index in [4.69, 9.17) is 11.2 Å². The van der Waals surface area contributed by atoms with E-state index in [2.05, 4.69) is 4.74 Å². The SMILES string of the molecule is [2H]COC1O[C@H](CO)[C@H](O)[C@H](O)[C@H]1O. The molecule has 4 N–H and O–H groups in total. The molecule has 0 spiro atoms. The number of aliphatic hydroxyl groups excluding tert-OH is 4. The maximum atomic E-state index is 9.33. The second kappa shape index (κ2) is 4.32. The molecule has 0 amide bonds. The largest absolute Gasteiger partial charge is 0.394 e. The topological polar surface area (TPSA) is 99.4 Å². The number of ether oxygens (including phenoxy) is 2. The molecular formula is C7H14O6. The molecule has 0 radical (unpaired) electrons. The van der Waals surface area contributed by atoms with Crippen molar-refractivity contribution >= 4 is 0 Å². The fraction of sp³-hybridized carbons (Fsp3) is 1.00. The molecule has 1 fully saturated rings. The first-order valence-corrected chi connectivity index (χ1v) is 3.83. The normalized spacial score (nSPS) is 47.4. The van der Waals surface area contributed by atoms with Gasteiger partial charge in [0.05, 0.1) is 7.98 Å². The number of hydrogen-bond donors (Lipinski definition) is 4. The molecule has 1 unspecified atom stereocenters. The summed E-state index contributed by atoms with van der Waals surface area (Å²) in [4.78, 5) is 0. The van der Waals surface area contributed by atoms with E-state index >= 15 is 0 Å². The second-order valence-electron chi connectivity index (χ2n) is 2.86. The third kappa shape index (κ3) is 1.98. The maximum absolute atomic E-state index is 9.33. The van der Waals surface area contributed by atoms with Crippen molar-refractivity contribution in [1.82, 2.24) is 0 Å². The summed E-state index contributed by atoms with van der Waals surface area (Å²) >= 11 is 0. The van der Waals surface area contributed by atoms with Crippen molar-refractivity contribution < 1.29 is 31.3 Å². The van der Waals surface area contributed by atoms with Gasteiger partial charge in [0.15, 0.2) is 6.29 Å². The molecular weight excluding hydrogens is 180 g/mol. The smallest absolute Gasteiger partial charge is 0.186 e. The van der Waals surface area contributed by atoms with Crippen molar-refractivity contribution in [1.29, 1.82) is 0 Å². The van der Waals surface area contributed by atoms with Crippen LogP contribution < -0.4 is 0 Å². The summed E-state index contributed by atoms with van der Waals surface area (Å²) in [5.41, 5.74) is 0. The van der Waals surface area contributed by atoms with Crippen LogP contribution in [-0.2, 0) is 9.47 Å². The van der Waals surface area contributed by atoms with Crippen molar-refractivity contribution in [3.63, 3.8) is 0 Å². The van der Waals surface area contributed by atoms with Crippen LogP contribution in [0.5, 0.6) is 0 Å². The van der Waals surface area contributed by atoms with Crippen LogP contribution in [0.3, 0.4) is 0 Å². The minimum absolute atomic E-state index is 0.442. The van der Waals surface area contributed by atoms with Crippen molar-refractivity contribution in [2.75, 3.05) is 13.7 Å². The van der Waals surface area contributed by atoms with Gasteiger partial charge in [0.2, 0.25) is 0 Å². The fourth-order valence-electron chi connectivity index (χ4n) is 1.21. The quantitative estimate of drug-likeness (QED) is 0.386. The van der Waals surface area contributed by atoms with Crippen LogP contribution in [0.2, 0.25) is 0 Å². The first-order chi connectivity index (χ1) is 6.61. The first kappa shape index (κ1) is 9.32. The molecule has 0 aromatic heterocycles. The van der Waals surface area contributed by atoms with Crippen LogP contribution in [0.25, 0.3) is 0 Å². The van der Waals surface area contributed by atoms with Gasteiger partial charge in [-0.1, -0.05) is 0 Å². The average Bonchev–Trinajstić information content (AvgIpc) is 2.19. The Bertz CT molecular complexity index is 176. The van der Waals surface area contributed by atoms with E-state index in [9.17, 15) is 15.3 Å². The highest BCUT2D eigenvalue weighted by molar-refractivity contribution is 4.88. The van der Waals surface area contributed by atoms with Gasteiger partial charge in [0.1, 0.15) is 24.4 Å². The molecule has 1 aliphatic heterocycles. The van der Waals surface area contributed by atoms with Crippen LogP contribution in [-0.4, -0.2) is 64.8 Å². The number of rotatable bonds is 2. The van der Waals surface area contributed by atoms with Crippen LogP contribution >= 0.6 is 0 Å². The Hall–Kier alpha value is -0.240. The third-order valence-corrected chi connectivity index (χ3v) is 2.01. The molecule has 5 atom stereocenters. The molecule has 6 heteroatoms. The molecule has 0 aromatic carbocycles. The predicted molar refractivity (Wildman–Crippen MR) is 40.8 cm³/mol. The molecule has 13 heavy (non-hydrogen) atoms. The minimum atomic E-state index is -1.45. The Morgan fingerprint density at radius 2 is 2.00 bits per heavy atom. The predicted octanol–water partition coefficient (Wildman–Crippen LogP) is -2.57. The Morgan fingerprint density at radius 1 is 1.31 bits per heavy atom. The minimum Gasteiger partial charge on any atom is -0.394 e. The molecule has 1 aliphatic rings. The lowest BCUT2D eigenvalue weighted by atomic mass is 9.99. The van der Waals surface area contributed by atoms with Gasteiger partial charge in [-0.3, -0.25) is 0 Å². The Kier molecular flexibility index (Phi) is 3.09. The van der Waals surface area contributed by atoms with Gasteiger partial charge in [0.25, 0.3) is 0 Å². The highest BCUT2D eigenvalue weighted by atomic mass is 16.7. The van der Waals surface area contributed by atoms with Crippen LogP contribution in [0, 0.1) is 0 Å². The van der Waals surface area contributed by atoms with Gasteiger partial charge in [-0.25, -0.2) is 0 Å². The van der Waals surface area contributed by atoms with Crippen molar-refractivity contribution in [2.45, 2.75) is 30.7 Å². The number of methoxy groups -OCH3 is 1. The van der Waals surface area contributed by atoms with Gasteiger partial charge in [-0.2, -0.15) is 0 Å². The Labute approximate surface area is 76.7 Å². The van der Waals surface area contributed by atoms with E-state index in [1.165, 1.54) is 0 Å². The highest BCUT2D eigenvalue weighted by Gasteiger charge is 2.43. The summed E-state index contributed by atoms with van der Waals surface area (Å²) in [6.07, 6.45) is -6.43. The third-order valence-electron chi connectivity index (χ3n) is 2.01. The lowest BCUT2D eigenvalue weighted by Gasteiger charge is -2.38. The Balaban J connectivity index is 2.63. The standard InChI is InChI=1S/C7H14O6/c1-12-7-6(11)5(10)4(9)3(2-8)13-7/h3-11H,2H2,1H3/t3-,4+,5+,6-,7?/m1/s1/i1D. The zero-order valence-corrected chi connectivity index (χ0v) is 6.91. The van der Waals surface area contributed by atoms with Gasteiger partial charge in [0, 0.05) is 7.09 Å². The van der Waals surface area contributed by atoms with Gasteiger partial charge < -0.3 is 29.9 Å². The lowest BCUT2D eigenvalue weighted by Crippen LogP contribution is -2.58. The zero-order valence-electron chi connectivity index (χ0n) is 7.91. The monoisotopic (exact) mass is 195 g/mol. The van der Waals surface area contributed by atoms with E-state index in [-0.39, 0.29) is 0 Å². The fourth-order valence-corrected chi connectivity index (χ4v) is 1.21. The van der Waals surface area contributed by atoms with E-state index in [1.54, 1.807) is 0 Å². The summed E-state index contributed by atoms with van der Waals surface area (Å²) in [5, 5.41) is 36.7. The molecule has 1 saturated heterocycles. The van der Waals surface area contributed by atoms with Gasteiger partial charge in [-0.15, -0.1) is 0 Å². The molecule has 0 aliphatic carbocycles. The maximum Gasteiger partial charge on any atom is 0.186 e. The van der Waals surface area contributed by atoms with Crippen molar-refractivity contribution in [3.05, 3.63) is 0 Å². The summed E-state index contributed by atoms with van der Waals surface area (Å²) < 4.78 is 16.3. The van der Waals surface area contributed by atoms with E-state index < -0.39 is 44.4 Å². The summed E-state index contributed by atoms with van der Waals surface area (Å²) in [5.74, 6) is 0. The van der Waals surface area contributed by atoms with Crippen LogP contribution in [0.15, 0.2) is 0 Å². The van der Waals surface area contributed by atoms with E-state index in [0.29, 0.717) is 0 Å². The molecule has 78 valence electrons. The number of hydrogen-bond acceptors (Lipinski definition) is 6. The molecule has 0 bridgehead atoms. The highest BCUT2D eigenvalue weighted by Crippen LogP contribution is 2.20. The first-order valence-electron chi connectivity index (χ1n) is 4.54. The zero-order chi connectivity index (χ0) is 10.7. The average molecular weight is 195 g/mol. The van der Waals surface area contributed by atoms with Gasteiger partial charge in [-0.05, 0) is 0 Å². The summed E-state index contributed by atoms with van der Waals surface area (Å²) in [6, 6.07) is 0. The lowest BCUT2D eigenvalue weighted by molar-refractivity contribution is -0.294. The molecule has 0 aromatic rings. The second-order valence-corrected chi connectivity index (χ2v) is 2.86. The van der Waals surface area contributed by atoms with Crippen LogP contribution in [0.1, 0.15) is 1.37 Å². The van der Waals surface area contributed by atoms with E-state index in [0.717, 1.165) is 0 Å². The summed E-state index contributed by atoms with van der Waals surface area (Å²) in [7, 11) is -0.442. The molecule has 0 saturated carbocycles. The van der Waals surface area contributed by atoms with Crippen molar-refractivity contribution in [3.8, 4) is 0 Å². The van der Waals surface area contributed by atoms with Gasteiger partial charge >= 0.3 is 0 Å².